The summed E-state index contributed by atoms with van der Waals surface area (Å²) < 4.78 is 0. The summed E-state index contributed by atoms with van der Waals surface area (Å²) in [4.78, 5) is 28.2. The van der Waals surface area contributed by atoms with E-state index >= 15 is 0 Å². The van der Waals surface area contributed by atoms with E-state index < -0.39 is 18.6 Å². The molecule has 24 heavy (non-hydrogen) atoms. The summed E-state index contributed by atoms with van der Waals surface area (Å²) in [6.45, 7) is 3.76. The van der Waals surface area contributed by atoms with E-state index in [4.69, 9.17) is 5.11 Å². The van der Waals surface area contributed by atoms with Gasteiger partial charge in [-0.2, -0.15) is 0 Å². The van der Waals surface area contributed by atoms with Crippen molar-refractivity contribution in [3.63, 3.8) is 0 Å². The van der Waals surface area contributed by atoms with E-state index in [1.807, 2.05) is 18.2 Å². The van der Waals surface area contributed by atoms with Gasteiger partial charge in [0, 0.05) is 11.1 Å². The molecule has 3 rings (SSSR count). The van der Waals surface area contributed by atoms with Crippen molar-refractivity contribution in [1.29, 1.82) is 0 Å². The lowest BCUT2D eigenvalue weighted by atomic mass is 9.68. The molecule has 126 valence electrons. The summed E-state index contributed by atoms with van der Waals surface area (Å²) in [6, 6.07) is 6.17. The van der Waals surface area contributed by atoms with E-state index in [0.29, 0.717) is 12.0 Å². The monoisotopic (exact) mass is 327 g/mol. The van der Waals surface area contributed by atoms with Crippen LogP contribution in [0.1, 0.15) is 44.2 Å². The second-order valence-electron chi connectivity index (χ2n) is 7.19. The fourth-order valence-electron chi connectivity index (χ4n) is 3.47. The van der Waals surface area contributed by atoms with Crippen LogP contribution in [-0.2, 0) is 9.59 Å². The molecule has 0 amide bonds. The van der Waals surface area contributed by atoms with Crippen molar-refractivity contribution in [1.82, 2.24) is 0 Å². The van der Waals surface area contributed by atoms with Crippen LogP contribution in [0.25, 0.3) is 5.57 Å². The van der Waals surface area contributed by atoms with E-state index in [1.54, 1.807) is 6.07 Å². The van der Waals surface area contributed by atoms with E-state index in [0.717, 1.165) is 29.6 Å². The van der Waals surface area contributed by atoms with Crippen molar-refractivity contribution in [3.8, 4) is 0 Å². The number of nitrogens with zero attached hydrogens (tertiary/aromatic N) is 1. The molecule has 0 bridgehead atoms. The number of aliphatic carboxylic acids is 1. The number of Topliss-reactive ketones (excluding diaryl/α,β-unsaturated/α-hetero) is 1. The van der Waals surface area contributed by atoms with Crippen LogP contribution in [0.3, 0.4) is 0 Å². The number of fused-ring (bicyclic) bond motifs is 2. The van der Waals surface area contributed by atoms with E-state index in [-0.39, 0.29) is 16.9 Å². The molecule has 5 nitrogen and oxygen atoms in total. The molecule has 1 atom stereocenters. The van der Waals surface area contributed by atoms with Crippen LogP contribution < -0.4 is 0 Å². The standard InChI is InChI=1S/C19H21NO4/c1-19(2)8-7-13-14(9-19)11-5-3-4-6-12(11)16(17(13)22)20-15(10-21)18(23)24/h3-6,15,21H,7-10H2,1-2H3,(H,23,24)/b20-16-/t15-/m1/s1. The highest BCUT2D eigenvalue weighted by Crippen LogP contribution is 2.46. The zero-order valence-corrected chi connectivity index (χ0v) is 13.9. The van der Waals surface area contributed by atoms with Crippen molar-refractivity contribution >= 4 is 23.0 Å². The number of carboxylic acid groups (broad SMARTS) is 1. The molecular formula is C19H21NO4. The van der Waals surface area contributed by atoms with Gasteiger partial charge in [0.15, 0.2) is 6.04 Å². The van der Waals surface area contributed by atoms with Crippen LogP contribution in [0.5, 0.6) is 0 Å². The van der Waals surface area contributed by atoms with E-state index in [2.05, 4.69) is 18.8 Å². The smallest absolute Gasteiger partial charge is 0.330 e. The van der Waals surface area contributed by atoms with Gasteiger partial charge >= 0.3 is 5.97 Å². The predicted molar refractivity (Wildman–Crippen MR) is 91.0 cm³/mol. The van der Waals surface area contributed by atoms with Gasteiger partial charge in [0.25, 0.3) is 0 Å². The minimum atomic E-state index is -1.32. The summed E-state index contributed by atoms with van der Waals surface area (Å²) in [5.41, 5.74) is 3.72. The minimum absolute atomic E-state index is 0.134. The fraction of sp³-hybridized carbons (Fsp3) is 0.421. The van der Waals surface area contributed by atoms with Gasteiger partial charge < -0.3 is 10.2 Å². The molecule has 2 aliphatic carbocycles. The number of aliphatic hydroxyl groups is 1. The number of rotatable bonds is 3. The van der Waals surface area contributed by atoms with Gasteiger partial charge in [-0.05, 0) is 35.8 Å². The minimum Gasteiger partial charge on any atom is -0.480 e. The summed E-state index contributed by atoms with van der Waals surface area (Å²) in [5, 5.41) is 18.4. The first kappa shape index (κ1) is 16.6. The van der Waals surface area contributed by atoms with Crippen LogP contribution in [0.4, 0.5) is 0 Å². The van der Waals surface area contributed by atoms with E-state index in [1.165, 1.54) is 0 Å². The highest BCUT2D eigenvalue weighted by Gasteiger charge is 2.37. The number of carbonyl (C=O) groups is 2. The summed E-state index contributed by atoms with van der Waals surface area (Å²) in [7, 11) is 0. The molecule has 0 saturated carbocycles. The van der Waals surface area contributed by atoms with Gasteiger partial charge in [-0.15, -0.1) is 0 Å². The Labute approximate surface area is 140 Å². The number of aliphatic hydroxyl groups excluding tert-OH is 1. The molecule has 0 radical (unpaired) electrons. The lowest BCUT2D eigenvalue weighted by molar-refractivity contribution is -0.139. The van der Waals surface area contributed by atoms with Crippen molar-refractivity contribution in [2.24, 2.45) is 10.4 Å². The van der Waals surface area contributed by atoms with Gasteiger partial charge in [-0.3, -0.25) is 9.79 Å². The molecule has 2 N–H and O–H groups in total. The average molecular weight is 327 g/mol. The van der Waals surface area contributed by atoms with Gasteiger partial charge in [0.1, 0.15) is 5.71 Å². The average Bonchev–Trinajstić information content (AvgIpc) is 2.53. The number of aliphatic imine (C=N–C) groups is 1. The molecule has 1 aromatic rings. The number of hydrogen-bond acceptors (Lipinski definition) is 4. The molecule has 0 heterocycles. The first-order valence-electron chi connectivity index (χ1n) is 8.12. The lowest BCUT2D eigenvalue weighted by Gasteiger charge is -2.36. The van der Waals surface area contributed by atoms with Gasteiger partial charge in [-0.1, -0.05) is 38.1 Å². The molecule has 0 unspecified atom stereocenters. The molecular weight excluding hydrogens is 306 g/mol. The van der Waals surface area contributed by atoms with Crippen molar-refractivity contribution in [2.45, 2.75) is 39.2 Å². The Hall–Kier alpha value is -2.27. The first-order valence-corrected chi connectivity index (χ1v) is 8.12. The predicted octanol–water partition coefficient (Wildman–Crippen LogP) is 2.47. The largest absolute Gasteiger partial charge is 0.480 e. The molecule has 0 fully saturated rings. The van der Waals surface area contributed by atoms with Crippen LogP contribution in [0.2, 0.25) is 0 Å². The highest BCUT2D eigenvalue weighted by molar-refractivity contribution is 6.54. The van der Waals surface area contributed by atoms with Crippen LogP contribution in [-0.4, -0.2) is 40.3 Å². The van der Waals surface area contributed by atoms with Crippen LogP contribution in [0.15, 0.2) is 34.8 Å². The second-order valence-corrected chi connectivity index (χ2v) is 7.19. The van der Waals surface area contributed by atoms with Crippen LogP contribution in [0, 0.1) is 5.41 Å². The maximum absolute atomic E-state index is 12.9. The molecule has 5 heteroatoms. The van der Waals surface area contributed by atoms with E-state index in [9.17, 15) is 14.7 Å². The Morgan fingerprint density at radius 2 is 1.92 bits per heavy atom. The second kappa shape index (κ2) is 5.98. The molecule has 0 aliphatic heterocycles. The number of benzene rings is 1. The SMILES string of the molecule is CC1(C)CCC2=C(C1)c1ccccc1/C(=N/[C@H](CO)C(=O)O)C2=O. The zero-order chi connectivity index (χ0) is 17.5. The normalized spacial score (nSPS) is 22.1. The van der Waals surface area contributed by atoms with Gasteiger partial charge in [0.2, 0.25) is 5.78 Å². The highest BCUT2D eigenvalue weighted by atomic mass is 16.4. The number of carboxylic acids is 1. The molecule has 1 aromatic carbocycles. The van der Waals surface area contributed by atoms with Crippen molar-refractivity contribution < 1.29 is 19.8 Å². The summed E-state index contributed by atoms with van der Waals surface area (Å²) >= 11 is 0. The first-order chi connectivity index (χ1) is 11.3. The Morgan fingerprint density at radius 1 is 1.25 bits per heavy atom. The molecule has 0 saturated heterocycles. The third-order valence-corrected chi connectivity index (χ3v) is 4.81. The number of ketones is 1. The zero-order valence-electron chi connectivity index (χ0n) is 13.9. The number of allylic oxidation sites excluding steroid dienone is 2. The Morgan fingerprint density at radius 3 is 2.54 bits per heavy atom. The van der Waals surface area contributed by atoms with Crippen molar-refractivity contribution in [3.05, 3.63) is 41.0 Å². The maximum Gasteiger partial charge on any atom is 0.330 e. The Balaban J connectivity index is 2.17. The molecule has 2 aliphatic rings. The summed E-state index contributed by atoms with van der Waals surface area (Å²) in [5.74, 6) is -1.43. The topological polar surface area (TPSA) is 87.0 Å². The van der Waals surface area contributed by atoms with Crippen LogP contribution >= 0.6 is 0 Å². The third kappa shape index (κ3) is 2.80. The quantitative estimate of drug-likeness (QED) is 0.893. The van der Waals surface area contributed by atoms with Gasteiger partial charge in [0.05, 0.1) is 6.61 Å². The summed E-state index contributed by atoms with van der Waals surface area (Å²) in [6.07, 6.45) is 2.40. The number of carbonyl (C=O) groups excluding carboxylic acids is 1. The Kier molecular flexibility index (Phi) is 4.13. The van der Waals surface area contributed by atoms with Crippen molar-refractivity contribution in [2.75, 3.05) is 6.61 Å². The maximum atomic E-state index is 12.9. The number of hydrogen-bond donors (Lipinski definition) is 2. The fourth-order valence-corrected chi connectivity index (χ4v) is 3.47. The Bertz CT molecular complexity index is 773. The third-order valence-electron chi connectivity index (χ3n) is 4.81. The molecule has 0 spiro atoms. The lowest BCUT2D eigenvalue weighted by Crippen LogP contribution is -2.33. The molecule has 0 aromatic heterocycles. The van der Waals surface area contributed by atoms with Gasteiger partial charge in [-0.25, -0.2) is 4.79 Å².